The summed E-state index contributed by atoms with van der Waals surface area (Å²) in [5, 5.41) is 24.2. The van der Waals surface area contributed by atoms with Gasteiger partial charge in [-0.15, -0.1) is 0 Å². The third kappa shape index (κ3) is 7.14. The van der Waals surface area contributed by atoms with Gasteiger partial charge in [-0.3, -0.25) is 9.59 Å². The fraction of sp³-hybridized carbons (Fsp3) is 0. The summed E-state index contributed by atoms with van der Waals surface area (Å²) in [5.74, 6) is -1.10. The molecule has 0 heterocycles. The molecule has 0 aliphatic rings. The first-order valence-corrected chi connectivity index (χ1v) is 9.81. The second kappa shape index (κ2) is 13.0. The van der Waals surface area contributed by atoms with Gasteiger partial charge in [-0.1, -0.05) is 72.8 Å². The number of hydrogen-bond acceptors (Lipinski definition) is 4. The maximum absolute atomic E-state index is 11.8. The number of amides is 2. The van der Waals surface area contributed by atoms with E-state index in [2.05, 4.69) is 0 Å². The standard InChI is InChI=1S/2C13H10NO2.Cu/c2*15-13(11-7-3-1-4-8-11)14(16)12-9-5-2-6-10-12;/h2*1-10H;/q2*-1;+2. The van der Waals surface area contributed by atoms with E-state index < -0.39 is 11.8 Å². The van der Waals surface area contributed by atoms with Crippen LogP contribution in [0.5, 0.6) is 0 Å². The van der Waals surface area contributed by atoms with Crippen molar-refractivity contribution in [2.24, 2.45) is 0 Å². The summed E-state index contributed by atoms with van der Waals surface area (Å²) in [4.78, 5) is 23.5. The van der Waals surface area contributed by atoms with Crippen LogP contribution in [0.2, 0.25) is 0 Å². The van der Waals surface area contributed by atoms with Gasteiger partial charge in [0, 0.05) is 22.5 Å². The first-order chi connectivity index (χ1) is 15.6. The molecule has 0 aliphatic heterocycles. The molecule has 0 aliphatic carbocycles. The average Bonchev–Trinajstić information content (AvgIpc) is 2.89. The van der Waals surface area contributed by atoms with Gasteiger partial charge < -0.3 is 20.5 Å². The van der Waals surface area contributed by atoms with Crippen molar-refractivity contribution in [2.45, 2.75) is 0 Å². The molecule has 33 heavy (non-hydrogen) atoms. The summed E-state index contributed by atoms with van der Waals surface area (Å²) in [6.07, 6.45) is 0. The fourth-order valence-corrected chi connectivity index (χ4v) is 2.76. The number of anilines is 2. The predicted octanol–water partition coefficient (Wildman–Crippen LogP) is 5.66. The normalized spacial score (nSPS) is 9.52. The molecule has 0 spiro atoms. The van der Waals surface area contributed by atoms with Crippen molar-refractivity contribution in [3.8, 4) is 0 Å². The Balaban J connectivity index is 0.000000227. The van der Waals surface area contributed by atoms with E-state index >= 15 is 0 Å². The summed E-state index contributed by atoms with van der Waals surface area (Å²) in [5.41, 5.74) is 1.47. The molecule has 0 unspecified atom stereocenters. The Hall–Kier alpha value is -3.74. The third-order valence-corrected chi connectivity index (χ3v) is 4.39. The van der Waals surface area contributed by atoms with Crippen LogP contribution in [-0.4, -0.2) is 11.8 Å². The summed E-state index contributed by atoms with van der Waals surface area (Å²) < 4.78 is 0. The minimum absolute atomic E-state index is 0. The van der Waals surface area contributed by atoms with Crippen LogP contribution in [-0.2, 0) is 17.1 Å². The van der Waals surface area contributed by atoms with E-state index in [1.54, 1.807) is 121 Å². The van der Waals surface area contributed by atoms with Crippen molar-refractivity contribution in [3.05, 3.63) is 143 Å². The van der Waals surface area contributed by atoms with Gasteiger partial charge in [-0.25, -0.2) is 0 Å². The number of hydrogen-bond donors (Lipinski definition) is 0. The SMILES string of the molecule is O=C(c1ccccc1)N([O-])c1ccccc1.O=C(c1ccccc1)N([O-])c1ccccc1.[Cu+2]. The monoisotopic (exact) mass is 487 g/mol. The Bertz CT molecular complexity index is 1040. The van der Waals surface area contributed by atoms with E-state index in [4.69, 9.17) is 0 Å². The van der Waals surface area contributed by atoms with Gasteiger partial charge in [-0.05, 0) is 48.5 Å². The largest absolute Gasteiger partial charge is 2.00 e. The van der Waals surface area contributed by atoms with E-state index in [-0.39, 0.29) is 17.1 Å². The predicted molar refractivity (Wildman–Crippen MR) is 126 cm³/mol. The van der Waals surface area contributed by atoms with Gasteiger partial charge in [0.15, 0.2) is 0 Å². The quantitative estimate of drug-likeness (QED) is 0.274. The van der Waals surface area contributed by atoms with Gasteiger partial charge in [0.05, 0.1) is 0 Å². The van der Waals surface area contributed by atoms with Gasteiger partial charge in [0.1, 0.15) is 0 Å². The molecular formula is C26H20CuN2O4. The molecule has 1 radical (unpaired) electrons. The average molecular weight is 488 g/mol. The van der Waals surface area contributed by atoms with Crippen LogP contribution in [0.3, 0.4) is 0 Å². The van der Waals surface area contributed by atoms with Crippen molar-refractivity contribution in [2.75, 3.05) is 10.1 Å². The molecule has 6 nitrogen and oxygen atoms in total. The first-order valence-electron chi connectivity index (χ1n) is 9.81. The van der Waals surface area contributed by atoms with Gasteiger partial charge in [0.25, 0.3) is 0 Å². The second-order valence-corrected chi connectivity index (χ2v) is 6.60. The molecule has 0 atom stereocenters. The summed E-state index contributed by atoms with van der Waals surface area (Å²) >= 11 is 0. The van der Waals surface area contributed by atoms with E-state index in [0.29, 0.717) is 32.6 Å². The fourth-order valence-electron chi connectivity index (χ4n) is 2.76. The number of carbonyl (C=O) groups is 2. The van der Waals surface area contributed by atoms with Gasteiger partial charge >= 0.3 is 17.1 Å². The van der Waals surface area contributed by atoms with Crippen molar-refractivity contribution in [1.29, 1.82) is 0 Å². The van der Waals surface area contributed by atoms with Crippen LogP contribution in [0.1, 0.15) is 20.7 Å². The zero-order valence-corrected chi connectivity index (χ0v) is 18.3. The molecule has 0 aromatic heterocycles. The molecule has 2 amide bonds. The van der Waals surface area contributed by atoms with Crippen LogP contribution < -0.4 is 10.1 Å². The smallest absolute Gasteiger partial charge is 0.751 e. The van der Waals surface area contributed by atoms with E-state index in [1.165, 1.54) is 0 Å². The number of hydroxylamine groups is 2. The molecule has 0 N–H and O–H groups in total. The molecule has 0 fully saturated rings. The Kier molecular flexibility index (Phi) is 10.0. The molecule has 4 rings (SSSR count). The molecule has 7 heteroatoms. The number of para-hydroxylation sites is 2. The zero-order valence-electron chi connectivity index (χ0n) is 17.4. The van der Waals surface area contributed by atoms with Crippen molar-refractivity contribution < 1.29 is 26.7 Å². The zero-order chi connectivity index (χ0) is 22.8. The molecule has 4 aromatic rings. The topological polar surface area (TPSA) is 86.7 Å². The number of nitrogens with zero attached hydrogens (tertiary/aromatic N) is 2. The van der Waals surface area contributed by atoms with Crippen LogP contribution in [0.4, 0.5) is 11.4 Å². The Labute approximate surface area is 202 Å². The van der Waals surface area contributed by atoms with E-state index in [1.807, 2.05) is 0 Å². The maximum Gasteiger partial charge on any atom is 2.00 e. The van der Waals surface area contributed by atoms with Gasteiger partial charge in [0.2, 0.25) is 11.8 Å². The Morgan fingerprint density at radius 3 is 0.970 bits per heavy atom. The van der Waals surface area contributed by atoms with E-state index in [0.717, 1.165) is 0 Å². The number of carbonyl (C=O) groups excluding carboxylic acids is 2. The molecular weight excluding hydrogens is 468 g/mol. The first kappa shape index (κ1) is 25.5. The molecule has 0 saturated heterocycles. The minimum Gasteiger partial charge on any atom is -0.751 e. The van der Waals surface area contributed by atoms with Crippen molar-refractivity contribution in [1.82, 2.24) is 0 Å². The Morgan fingerprint density at radius 1 is 0.455 bits per heavy atom. The minimum atomic E-state index is -0.549. The van der Waals surface area contributed by atoms with Gasteiger partial charge in [-0.2, -0.15) is 0 Å². The van der Waals surface area contributed by atoms with Crippen molar-refractivity contribution in [3.63, 3.8) is 0 Å². The molecule has 0 bridgehead atoms. The summed E-state index contributed by atoms with van der Waals surface area (Å²) in [6, 6.07) is 33.9. The summed E-state index contributed by atoms with van der Waals surface area (Å²) in [6.45, 7) is 0. The summed E-state index contributed by atoms with van der Waals surface area (Å²) in [7, 11) is 0. The number of benzene rings is 4. The second-order valence-electron chi connectivity index (χ2n) is 6.60. The maximum atomic E-state index is 11.8. The Morgan fingerprint density at radius 2 is 0.697 bits per heavy atom. The van der Waals surface area contributed by atoms with Crippen LogP contribution >= 0.6 is 0 Å². The van der Waals surface area contributed by atoms with Crippen LogP contribution in [0.15, 0.2) is 121 Å². The van der Waals surface area contributed by atoms with E-state index in [9.17, 15) is 20.0 Å². The molecule has 169 valence electrons. The number of rotatable bonds is 4. The molecule has 4 aromatic carbocycles. The van der Waals surface area contributed by atoms with Crippen LogP contribution in [0.25, 0.3) is 0 Å². The molecule has 0 saturated carbocycles. The third-order valence-electron chi connectivity index (χ3n) is 4.39. The van der Waals surface area contributed by atoms with Crippen LogP contribution in [0, 0.1) is 10.4 Å². The van der Waals surface area contributed by atoms with Crippen molar-refractivity contribution >= 4 is 23.2 Å².